The molecule has 2 aromatic heterocycles. The number of sulfone groups is 1. The van der Waals surface area contributed by atoms with Crippen LogP contribution in [0.25, 0.3) is 11.0 Å². The van der Waals surface area contributed by atoms with Gasteiger partial charge in [-0.3, -0.25) is 0 Å². The van der Waals surface area contributed by atoms with E-state index in [1.807, 2.05) is 35.2 Å². The SMILES string of the molecule is C=C1N(Cc2nc3ccccc3n2CCCC=N)c2cncnc2N1Cc1ccc(S(C)(=O)=O)cc1. The number of hydrogen-bond acceptors (Lipinski definition) is 8. The molecule has 0 fully saturated rings. The number of hydrogen-bond donors (Lipinski definition) is 1. The molecular weight excluding hydrogens is 474 g/mol. The standard InChI is InChI=1S/C26H27N7O2S/c1-19-32(17-25-30-22-7-3-4-8-23(22)31(25)14-6-5-13-27)24-15-28-18-29-26(24)33(19)16-20-9-11-21(12-10-20)36(2,34)35/h3-4,7-13,15,18,27H,1,5-6,14,16-17H2,2H3. The van der Waals surface area contributed by atoms with Crippen molar-refractivity contribution in [3.8, 4) is 0 Å². The van der Waals surface area contributed by atoms with Crippen molar-refractivity contribution >= 4 is 38.6 Å². The van der Waals surface area contributed by atoms with E-state index < -0.39 is 9.84 Å². The van der Waals surface area contributed by atoms with E-state index in [9.17, 15) is 8.42 Å². The molecule has 5 rings (SSSR count). The van der Waals surface area contributed by atoms with Crippen molar-refractivity contribution < 1.29 is 8.42 Å². The Morgan fingerprint density at radius 3 is 2.58 bits per heavy atom. The zero-order valence-electron chi connectivity index (χ0n) is 20.0. The van der Waals surface area contributed by atoms with Crippen molar-refractivity contribution in [3.05, 3.63) is 84.8 Å². The predicted octanol–water partition coefficient (Wildman–Crippen LogP) is 4.16. The summed E-state index contributed by atoms with van der Waals surface area (Å²) in [7, 11) is -3.26. The van der Waals surface area contributed by atoms with Crippen molar-refractivity contribution in [1.82, 2.24) is 19.5 Å². The van der Waals surface area contributed by atoms with Crippen molar-refractivity contribution in [2.45, 2.75) is 37.4 Å². The molecule has 0 aliphatic carbocycles. The minimum absolute atomic E-state index is 0.290. The summed E-state index contributed by atoms with van der Waals surface area (Å²) in [5.74, 6) is 2.39. The highest BCUT2D eigenvalue weighted by molar-refractivity contribution is 7.90. The number of para-hydroxylation sites is 2. The number of nitrogens with one attached hydrogen (secondary N) is 1. The quantitative estimate of drug-likeness (QED) is 0.271. The van der Waals surface area contributed by atoms with Crippen LogP contribution < -0.4 is 9.80 Å². The molecule has 9 nitrogen and oxygen atoms in total. The van der Waals surface area contributed by atoms with Crippen molar-refractivity contribution in [2.75, 3.05) is 16.1 Å². The fourth-order valence-electron chi connectivity index (χ4n) is 4.48. The van der Waals surface area contributed by atoms with Gasteiger partial charge in [0.05, 0.1) is 35.2 Å². The topological polar surface area (TPSA) is 108 Å². The molecule has 36 heavy (non-hydrogen) atoms. The molecular formula is C26H27N7O2S. The molecule has 1 N–H and O–H groups in total. The summed E-state index contributed by atoms with van der Waals surface area (Å²) in [4.78, 5) is 18.0. The van der Waals surface area contributed by atoms with E-state index in [1.54, 1.807) is 18.3 Å². The summed E-state index contributed by atoms with van der Waals surface area (Å²) in [5, 5.41) is 7.37. The largest absolute Gasteiger partial charge is 0.326 e. The number of imidazole rings is 1. The van der Waals surface area contributed by atoms with Gasteiger partial charge >= 0.3 is 0 Å². The van der Waals surface area contributed by atoms with Crippen LogP contribution in [0.3, 0.4) is 0 Å². The summed E-state index contributed by atoms with van der Waals surface area (Å²) in [5.41, 5.74) is 3.77. The molecule has 0 saturated carbocycles. The van der Waals surface area contributed by atoms with Crippen LogP contribution in [0, 0.1) is 5.41 Å². The Hall–Kier alpha value is -4.05. The third-order valence-corrected chi connectivity index (χ3v) is 7.43. The van der Waals surface area contributed by atoms with Crippen molar-refractivity contribution in [3.63, 3.8) is 0 Å². The van der Waals surface area contributed by atoms with Gasteiger partial charge in [-0.2, -0.15) is 0 Å². The molecule has 0 bridgehead atoms. The monoisotopic (exact) mass is 501 g/mol. The van der Waals surface area contributed by atoms with Gasteiger partial charge in [0.25, 0.3) is 0 Å². The first-order valence-electron chi connectivity index (χ1n) is 11.6. The number of fused-ring (bicyclic) bond motifs is 2. The Kier molecular flexibility index (Phi) is 6.27. The lowest BCUT2D eigenvalue weighted by molar-refractivity contribution is 0.602. The zero-order chi connectivity index (χ0) is 25.3. The van der Waals surface area contributed by atoms with Gasteiger partial charge in [0.15, 0.2) is 15.7 Å². The molecule has 184 valence electrons. The Morgan fingerprint density at radius 2 is 1.83 bits per heavy atom. The number of aromatic nitrogens is 4. The minimum Gasteiger partial charge on any atom is -0.326 e. The molecule has 2 aromatic carbocycles. The molecule has 10 heteroatoms. The zero-order valence-corrected chi connectivity index (χ0v) is 20.8. The second-order valence-electron chi connectivity index (χ2n) is 8.75. The Balaban J connectivity index is 1.45. The smallest absolute Gasteiger partial charge is 0.175 e. The highest BCUT2D eigenvalue weighted by atomic mass is 32.2. The number of nitrogens with zero attached hydrogens (tertiary/aromatic N) is 6. The summed E-state index contributed by atoms with van der Waals surface area (Å²) in [6, 6.07) is 14.9. The fourth-order valence-corrected chi connectivity index (χ4v) is 5.11. The van der Waals surface area contributed by atoms with Crippen LogP contribution in [0.5, 0.6) is 0 Å². The van der Waals surface area contributed by atoms with Gasteiger partial charge in [0, 0.05) is 12.8 Å². The second-order valence-corrected chi connectivity index (χ2v) is 10.8. The maximum atomic E-state index is 11.8. The van der Waals surface area contributed by atoms with E-state index in [0.717, 1.165) is 52.7 Å². The predicted molar refractivity (Wildman–Crippen MR) is 141 cm³/mol. The van der Waals surface area contributed by atoms with Gasteiger partial charge in [0.1, 0.15) is 23.7 Å². The van der Waals surface area contributed by atoms with Crippen molar-refractivity contribution in [2.24, 2.45) is 0 Å². The third-order valence-electron chi connectivity index (χ3n) is 6.30. The number of rotatable bonds is 9. The summed E-state index contributed by atoms with van der Waals surface area (Å²) >= 11 is 0. The molecule has 3 heterocycles. The number of anilines is 2. The van der Waals surface area contributed by atoms with Crippen LogP contribution in [-0.2, 0) is 29.5 Å². The van der Waals surface area contributed by atoms with Gasteiger partial charge in [-0.15, -0.1) is 0 Å². The van der Waals surface area contributed by atoms with Crippen LogP contribution >= 0.6 is 0 Å². The van der Waals surface area contributed by atoms with Crippen LogP contribution in [0.15, 0.2) is 78.4 Å². The first kappa shape index (κ1) is 23.7. The lowest BCUT2D eigenvalue weighted by Crippen LogP contribution is -2.28. The van der Waals surface area contributed by atoms with Crippen molar-refractivity contribution in [1.29, 1.82) is 5.41 Å². The van der Waals surface area contributed by atoms with Crippen LogP contribution in [0.4, 0.5) is 11.5 Å². The minimum atomic E-state index is -3.26. The first-order valence-corrected chi connectivity index (χ1v) is 13.5. The number of aryl methyl sites for hydroxylation is 1. The first-order chi connectivity index (χ1) is 17.4. The number of benzene rings is 2. The highest BCUT2D eigenvalue weighted by Crippen LogP contribution is 2.40. The summed E-state index contributed by atoms with van der Waals surface area (Å²) in [6.45, 7) is 6.10. The average Bonchev–Trinajstić information content (AvgIpc) is 3.34. The fraction of sp³-hybridized carbons (Fsp3) is 0.231. The highest BCUT2D eigenvalue weighted by Gasteiger charge is 2.32. The van der Waals surface area contributed by atoms with Gasteiger partial charge < -0.3 is 19.8 Å². The van der Waals surface area contributed by atoms with E-state index in [0.29, 0.717) is 19.5 Å². The average molecular weight is 502 g/mol. The Morgan fingerprint density at radius 1 is 1.06 bits per heavy atom. The van der Waals surface area contributed by atoms with Gasteiger partial charge in [-0.1, -0.05) is 30.8 Å². The molecule has 0 atom stereocenters. The summed E-state index contributed by atoms with van der Waals surface area (Å²) in [6.07, 6.45) is 7.51. The van der Waals surface area contributed by atoms with Gasteiger partial charge in [0.2, 0.25) is 0 Å². The van der Waals surface area contributed by atoms with E-state index in [-0.39, 0.29) is 4.90 Å². The summed E-state index contributed by atoms with van der Waals surface area (Å²) < 4.78 is 25.9. The van der Waals surface area contributed by atoms with E-state index in [2.05, 4.69) is 32.1 Å². The third kappa shape index (κ3) is 4.47. The Labute approximate surface area is 210 Å². The van der Waals surface area contributed by atoms with Crippen LogP contribution in [-0.4, -0.2) is 40.4 Å². The lowest BCUT2D eigenvalue weighted by atomic mass is 10.2. The number of unbranched alkanes of at least 4 members (excludes halogenated alkanes) is 1. The molecule has 4 aromatic rings. The van der Waals surface area contributed by atoms with Gasteiger partial charge in [-0.25, -0.2) is 23.4 Å². The molecule has 0 saturated heterocycles. The Bertz CT molecular complexity index is 1540. The van der Waals surface area contributed by atoms with Gasteiger partial charge in [-0.05, 0) is 48.9 Å². The molecule has 1 aliphatic heterocycles. The van der Waals surface area contributed by atoms with E-state index in [1.165, 1.54) is 18.8 Å². The van der Waals surface area contributed by atoms with E-state index >= 15 is 0 Å². The normalized spacial score (nSPS) is 13.4. The van der Waals surface area contributed by atoms with E-state index in [4.69, 9.17) is 10.4 Å². The van der Waals surface area contributed by atoms with Crippen LogP contribution in [0.1, 0.15) is 24.2 Å². The molecule has 0 spiro atoms. The molecule has 0 amide bonds. The maximum absolute atomic E-state index is 11.8. The second kappa shape index (κ2) is 9.54. The molecule has 0 radical (unpaired) electrons. The van der Waals surface area contributed by atoms with Crippen LogP contribution in [0.2, 0.25) is 0 Å². The molecule has 1 aliphatic rings. The lowest BCUT2D eigenvalue weighted by Gasteiger charge is -2.24. The maximum Gasteiger partial charge on any atom is 0.175 e. The molecule has 0 unspecified atom stereocenters.